The van der Waals surface area contributed by atoms with Gasteiger partial charge in [-0.15, -0.1) is 0 Å². The number of anilines is 1. The van der Waals surface area contributed by atoms with E-state index in [1.807, 2.05) is 12.1 Å². The van der Waals surface area contributed by atoms with Crippen molar-refractivity contribution in [3.8, 4) is 0 Å². The van der Waals surface area contributed by atoms with Crippen molar-refractivity contribution in [1.82, 2.24) is 25.7 Å². The predicted octanol–water partition coefficient (Wildman–Crippen LogP) is 3.51. The maximum atomic E-state index is 6.25. The highest BCUT2D eigenvalue weighted by Gasteiger charge is 2.07. The Morgan fingerprint density at radius 1 is 1.19 bits per heavy atom. The Bertz CT molecular complexity index is 908. The van der Waals surface area contributed by atoms with Crippen LogP contribution in [-0.4, -0.2) is 53.7 Å². The number of nitrogens with zero attached hydrogens (tertiary/aromatic N) is 3. The molecule has 10 nitrogen and oxygen atoms in total. The Kier molecular flexibility index (Phi) is 14.1. The van der Waals surface area contributed by atoms with E-state index in [-0.39, 0.29) is 5.92 Å². The lowest BCUT2D eigenvalue weighted by Gasteiger charge is -2.18. The highest BCUT2D eigenvalue weighted by Crippen LogP contribution is 2.15. The largest absolute Gasteiger partial charge is 0.414 e. The number of amidine groups is 1. The average molecular weight is 502 g/mol. The number of nitrogens with two attached hydrogens (primary N) is 2. The lowest BCUT2D eigenvalue weighted by molar-refractivity contribution is 0.213. The van der Waals surface area contributed by atoms with Crippen molar-refractivity contribution in [3.63, 3.8) is 0 Å². The number of aromatic amines is 1. The Morgan fingerprint density at radius 3 is 2.44 bits per heavy atom. The molecule has 0 bridgehead atoms. The van der Waals surface area contributed by atoms with Gasteiger partial charge < -0.3 is 31.4 Å². The van der Waals surface area contributed by atoms with Gasteiger partial charge in [-0.2, -0.15) is 11.0 Å². The Labute approximate surface area is 217 Å². The summed E-state index contributed by atoms with van der Waals surface area (Å²) in [4.78, 5) is 11.9. The third-order valence-corrected chi connectivity index (χ3v) is 5.60. The highest BCUT2D eigenvalue weighted by atomic mass is 16.6. The summed E-state index contributed by atoms with van der Waals surface area (Å²) in [6.45, 7) is 24.8. The van der Waals surface area contributed by atoms with Crippen LogP contribution in [0.1, 0.15) is 59.6 Å². The third kappa shape index (κ3) is 11.9. The topological polar surface area (TPSA) is 142 Å². The summed E-state index contributed by atoms with van der Waals surface area (Å²) in [6.07, 6.45) is 4.51. The number of hydrogen-bond acceptors (Lipinski definition) is 8. The van der Waals surface area contributed by atoms with Crippen LogP contribution in [-0.2, 0) is 4.84 Å². The summed E-state index contributed by atoms with van der Waals surface area (Å²) in [5, 5.41) is 16.9. The van der Waals surface area contributed by atoms with E-state index in [1.54, 1.807) is 6.08 Å². The average Bonchev–Trinajstić information content (AvgIpc) is 3.30. The van der Waals surface area contributed by atoms with Crippen LogP contribution in [0.4, 0.5) is 5.82 Å². The SMILES string of the molecule is C=C(/N=C(\C=C(/N)Nc1cc(C(C)C)[nH]n1)NCCCN(CC)CC)NC/C(=C/C(=C)C(C)C)ON. The first-order chi connectivity index (χ1) is 17.1. The molecule has 0 aromatic carbocycles. The maximum absolute atomic E-state index is 6.25. The Hall–Kier alpha value is -3.24. The van der Waals surface area contributed by atoms with Gasteiger partial charge >= 0.3 is 0 Å². The normalized spacial score (nSPS) is 12.9. The lowest BCUT2D eigenvalue weighted by atomic mass is 10.0. The van der Waals surface area contributed by atoms with E-state index in [0.29, 0.717) is 41.5 Å². The zero-order chi connectivity index (χ0) is 27.1. The smallest absolute Gasteiger partial charge is 0.153 e. The van der Waals surface area contributed by atoms with E-state index in [4.69, 9.17) is 16.5 Å². The van der Waals surface area contributed by atoms with Crippen LogP contribution >= 0.6 is 0 Å². The van der Waals surface area contributed by atoms with Gasteiger partial charge in [-0.05, 0) is 49.5 Å². The first-order valence-corrected chi connectivity index (χ1v) is 12.6. The lowest BCUT2D eigenvalue weighted by Crippen LogP contribution is -2.30. The molecule has 0 amide bonds. The number of allylic oxidation sites excluding steroid dienone is 2. The molecule has 0 spiro atoms. The second kappa shape index (κ2) is 16.4. The molecule has 1 aromatic heterocycles. The molecule has 0 aliphatic carbocycles. The molecule has 0 radical (unpaired) electrons. The van der Waals surface area contributed by atoms with Crippen molar-refractivity contribution < 1.29 is 4.84 Å². The van der Waals surface area contributed by atoms with Gasteiger partial charge in [0.2, 0.25) is 0 Å². The zero-order valence-corrected chi connectivity index (χ0v) is 22.9. The number of hydrogen-bond donors (Lipinski definition) is 6. The molecule has 1 heterocycles. The van der Waals surface area contributed by atoms with E-state index in [1.165, 1.54) is 0 Å². The molecule has 0 saturated heterocycles. The molecule has 8 N–H and O–H groups in total. The first-order valence-electron chi connectivity index (χ1n) is 12.6. The van der Waals surface area contributed by atoms with Crippen LogP contribution in [0, 0.1) is 5.92 Å². The van der Waals surface area contributed by atoms with E-state index >= 15 is 0 Å². The molecular formula is C26H47N9O. The number of nitrogens with one attached hydrogen (secondary N) is 4. The minimum atomic E-state index is 0.287. The van der Waals surface area contributed by atoms with Crippen molar-refractivity contribution in [1.29, 1.82) is 0 Å². The molecule has 1 aromatic rings. The van der Waals surface area contributed by atoms with Crippen LogP contribution in [0.5, 0.6) is 0 Å². The van der Waals surface area contributed by atoms with Crippen molar-refractivity contribution >= 4 is 11.7 Å². The standard InChI is InChI=1S/C26H47N9O/c1-9-35(10-2)13-11-12-29-25(16-24(27)32-26-15-23(19(5)6)33-34-26)31-21(8)30-17-22(36-28)14-20(7)18(3)4/h14-16,18-19,30H,7-13,17,27-28H2,1-6H3,(H,29,31)(H2,32,33,34)/b22-14-,24-16+. The highest BCUT2D eigenvalue weighted by molar-refractivity contribution is 5.94. The van der Waals surface area contributed by atoms with E-state index in [0.717, 1.165) is 43.9 Å². The Balaban J connectivity index is 2.91. The monoisotopic (exact) mass is 501 g/mol. The van der Waals surface area contributed by atoms with Crippen LogP contribution in [0.25, 0.3) is 0 Å². The second-order valence-electron chi connectivity index (χ2n) is 9.15. The molecular weight excluding hydrogens is 454 g/mol. The van der Waals surface area contributed by atoms with Crippen molar-refractivity contribution in [3.05, 3.63) is 60.0 Å². The summed E-state index contributed by atoms with van der Waals surface area (Å²) < 4.78 is 0. The van der Waals surface area contributed by atoms with Gasteiger partial charge in [0, 0.05) is 24.4 Å². The van der Waals surface area contributed by atoms with Gasteiger partial charge in [0.25, 0.3) is 0 Å². The number of aromatic nitrogens is 2. The van der Waals surface area contributed by atoms with E-state index in [9.17, 15) is 0 Å². The third-order valence-electron chi connectivity index (χ3n) is 5.60. The molecule has 0 fully saturated rings. The molecule has 0 atom stereocenters. The molecule has 0 unspecified atom stereocenters. The fourth-order valence-corrected chi connectivity index (χ4v) is 3.08. The van der Waals surface area contributed by atoms with E-state index in [2.05, 4.69) is 90.7 Å². The molecule has 1 rings (SSSR count). The fourth-order valence-electron chi connectivity index (χ4n) is 3.08. The maximum Gasteiger partial charge on any atom is 0.153 e. The number of aliphatic imine (C=N–C) groups is 1. The van der Waals surface area contributed by atoms with Crippen LogP contribution in [0.3, 0.4) is 0 Å². The molecule has 10 heteroatoms. The van der Waals surface area contributed by atoms with Crippen LogP contribution < -0.4 is 27.6 Å². The van der Waals surface area contributed by atoms with Gasteiger partial charge in [0.1, 0.15) is 23.2 Å². The van der Waals surface area contributed by atoms with E-state index < -0.39 is 0 Å². The summed E-state index contributed by atoms with van der Waals surface area (Å²) >= 11 is 0. The van der Waals surface area contributed by atoms with Crippen LogP contribution in [0.15, 0.2) is 59.3 Å². The summed E-state index contributed by atoms with van der Waals surface area (Å²) in [6, 6.07) is 1.94. The Morgan fingerprint density at radius 2 is 1.89 bits per heavy atom. The first kappa shape index (κ1) is 30.8. The number of rotatable bonds is 17. The minimum Gasteiger partial charge on any atom is -0.414 e. The molecule has 36 heavy (non-hydrogen) atoms. The summed E-state index contributed by atoms with van der Waals surface area (Å²) in [5.41, 5.74) is 8.20. The van der Waals surface area contributed by atoms with Crippen molar-refractivity contribution in [2.45, 2.75) is 53.9 Å². The van der Waals surface area contributed by atoms with Crippen molar-refractivity contribution in [2.75, 3.05) is 38.0 Å². The van der Waals surface area contributed by atoms with Gasteiger partial charge in [0.05, 0.1) is 6.54 Å². The van der Waals surface area contributed by atoms with Gasteiger partial charge in [0.15, 0.2) is 5.82 Å². The van der Waals surface area contributed by atoms with Gasteiger partial charge in [-0.3, -0.25) is 5.10 Å². The second-order valence-corrected chi connectivity index (χ2v) is 9.15. The van der Waals surface area contributed by atoms with Gasteiger partial charge in [-0.1, -0.05) is 54.7 Å². The zero-order valence-electron chi connectivity index (χ0n) is 22.9. The summed E-state index contributed by atoms with van der Waals surface area (Å²) in [5.74, 6) is 8.64. The molecule has 202 valence electrons. The molecule has 0 aliphatic heterocycles. The summed E-state index contributed by atoms with van der Waals surface area (Å²) in [7, 11) is 0. The quantitative estimate of drug-likeness (QED) is 0.0476. The molecule has 0 aliphatic rings. The van der Waals surface area contributed by atoms with Gasteiger partial charge in [-0.25, -0.2) is 4.99 Å². The molecule has 0 saturated carbocycles. The van der Waals surface area contributed by atoms with Crippen molar-refractivity contribution in [2.24, 2.45) is 22.5 Å². The fraction of sp³-hybridized carbons (Fsp3) is 0.538. The number of H-pyrrole nitrogens is 1. The predicted molar refractivity (Wildman–Crippen MR) is 151 cm³/mol. The minimum absolute atomic E-state index is 0.287. The van der Waals surface area contributed by atoms with Crippen LogP contribution in [0.2, 0.25) is 0 Å².